The molecule has 0 radical (unpaired) electrons. The van der Waals surface area contributed by atoms with Crippen LogP contribution >= 0.6 is 0 Å². The lowest BCUT2D eigenvalue weighted by Gasteiger charge is -2.18. The highest BCUT2D eigenvalue weighted by Crippen LogP contribution is 2.24. The van der Waals surface area contributed by atoms with Crippen molar-refractivity contribution in [3.05, 3.63) is 47.6 Å². The van der Waals surface area contributed by atoms with Crippen LogP contribution in [0.1, 0.15) is 33.6 Å². The Morgan fingerprint density at radius 1 is 1.50 bits per heavy atom. The molecule has 1 nitrogen and oxygen atoms in total. The van der Waals surface area contributed by atoms with E-state index in [-0.39, 0.29) is 6.10 Å². The average molecular weight is 218 g/mol. The first kappa shape index (κ1) is 13.0. The Labute approximate surface area is 98.9 Å². The standard InChI is InChI=1S/C15H22O/c1-11(2)9-15(16)10-13(4)14-7-5-12(3)6-8-14/h5,7-9,13,15-16H,3,6,10H2,1-2,4H3/t13-,15?/m0/s1. The highest BCUT2D eigenvalue weighted by atomic mass is 16.3. The van der Waals surface area contributed by atoms with Crippen molar-refractivity contribution in [3.63, 3.8) is 0 Å². The summed E-state index contributed by atoms with van der Waals surface area (Å²) in [6, 6.07) is 0. The third-order valence-electron chi connectivity index (χ3n) is 2.80. The molecule has 0 aliphatic heterocycles. The summed E-state index contributed by atoms with van der Waals surface area (Å²) in [6.45, 7) is 10.1. The maximum atomic E-state index is 9.83. The third-order valence-corrected chi connectivity index (χ3v) is 2.80. The maximum Gasteiger partial charge on any atom is 0.0729 e. The Hall–Kier alpha value is -1.08. The minimum absolute atomic E-state index is 0.334. The summed E-state index contributed by atoms with van der Waals surface area (Å²) in [4.78, 5) is 0. The fraction of sp³-hybridized carbons (Fsp3) is 0.467. The largest absolute Gasteiger partial charge is 0.389 e. The Balaban J connectivity index is 2.53. The summed E-state index contributed by atoms with van der Waals surface area (Å²) < 4.78 is 0. The third kappa shape index (κ3) is 4.19. The van der Waals surface area contributed by atoms with Crippen molar-refractivity contribution in [3.8, 4) is 0 Å². The molecule has 0 aromatic carbocycles. The van der Waals surface area contributed by atoms with Gasteiger partial charge in [0.15, 0.2) is 0 Å². The smallest absolute Gasteiger partial charge is 0.0729 e. The van der Waals surface area contributed by atoms with Crippen LogP contribution in [-0.2, 0) is 0 Å². The van der Waals surface area contributed by atoms with Gasteiger partial charge in [-0.1, -0.05) is 49.0 Å². The van der Waals surface area contributed by atoms with Crippen LogP contribution in [0.2, 0.25) is 0 Å². The molecule has 1 unspecified atom stereocenters. The fourth-order valence-electron chi connectivity index (χ4n) is 1.92. The molecular weight excluding hydrogens is 196 g/mol. The number of hydrogen-bond donors (Lipinski definition) is 1. The second-order valence-electron chi connectivity index (χ2n) is 4.85. The summed E-state index contributed by atoms with van der Waals surface area (Å²) in [7, 11) is 0. The second-order valence-corrected chi connectivity index (χ2v) is 4.85. The van der Waals surface area contributed by atoms with Gasteiger partial charge in [-0.05, 0) is 38.2 Å². The van der Waals surface area contributed by atoms with Crippen LogP contribution in [0.3, 0.4) is 0 Å². The summed E-state index contributed by atoms with van der Waals surface area (Å²) >= 11 is 0. The molecule has 88 valence electrons. The summed E-state index contributed by atoms with van der Waals surface area (Å²) in [5.41, 5.74) is 3.63. The van der Waals surface area contributed by atoms with E-state index in [4.69, 9.17) is 0 Å². The van der Waals surface area contributed by atoms with Gasteiger partial charge in [0.25, 0.3) is 0 Å². The summed E-state index contributed by atoms with van der Waals surface area (Å²) in [6.07, 6.45) is 9.71. The SMILES string of the molecule is C=C1C=CC([C@@H](C)CC(O)C=C(C)C)=CC1. The molecular formula is C15H22O. The van der Waals surface area contributed by atoms with Gasteiger partial charge < -0.3 is 5.11 Å². The zero-order chi connectivity index (χ0) is 12.1. The molecule has 0 fully saturated rings. The van der Waals surface area contributed by atoms with E-state index in [2.05, 4.69) is 31.7 Å². The van der Waals surface area contributed by atoms with Crippen LogP contribution in [0.4, 0.5) is 0 Å². The molecule has 0 bridgehead atoms. The van der Waals surface area contributed by atoms with Crippen LogP contribution in [-0.4, -0.2) is 11.2 Å². The molecule has 2 atom stereocenters. The van der Waals surface area contributed by atoms with Gasteiger partial charge in [0.2, 0.25) is 0 Å². The Morgan fingerprint density at radius 2 is 2.19 bits per heavy atom. The molecule has 16 heavy (non-hydrogen) atoms. The highest BCUT2D eigenvalue weighted by Gasteiger charge is 2.12. The van der Waals surface area contributed by atoms with Crippen molar-refractivity contribution in [1.29, 1.82) is 0 Å². The van der Waals surface area contributed by atoms with E-state index >= 15 is 0 Å². The van der Waals surface area contributed by atoms with Gasteiger partial charge in [-0.2, -0.15) is 0 Å². The van der Waals surface area contributed by atoms with Gasteiger partial charge in [0, 0.05) is 0 Å². The zero-order valence-corrected chi connectivity index (χ0v) is 10.5. The van der Waals surface area contributed by atoms with E-state index in [0.29, 0.717) is 5.92 Å². The molecule has 1 aliphatic carbocycles. The molecule has 1 heteroatoms. The highest BCUT2D eigenvalue weighted by molar-refractivity contribution is 5.35. The van der Waals surface area contributed by atoms with Crippen molar-refractivity contribution in [2.24, 2.45) is 5.92 Å². The monoisotopic (exact) mass is 218 g/mol. The molecule has 1 rings (SSSR count). The molecule has 0 aromatic heterocycles. The van der Waals surface area contributed by atoms with E-state index in [1.54, 1.807) is 0 Å². The van der Waals surface area contributed by atoms with Gasteiger partial charge in [0.05, 0.1) is 6.10 Å². The predicted molar refractivity (Wildman–Crippen MR) is 70.2 cm³/mol. The first-order valence-electron chi connectivity index (χ1n) is 5.88. The number of aliphatic hydroxyl groups is 1. The van der Waals surface area contributed by atoms with Crippen molar-refractivity contribution in [2.45, 2.75) is 39.7 Å². The van der Waals surface area contributed by atoms with E-state index in [1.165, 1.54) is 11.1 Å². The Morgan fingerprint density at radius 3 is 2.69 bits per heavy atom. The fourth-order valence-corrected chi connectivity index (χ4v) is 1.92. The van der Waals surface area contributed by atoms with Gasteiger partial charge in [-0.3, -0.25) is 0 Å². The van der Waals surface area contributed by atoms with Gasteiger partial charge in [-0.25, -0.2) is 0 Å². The van der Waals surface area contributed by atoms with Crippen molar-refractivity contribution >= 4 is 0 Å². The topological polar surface area (TPSA) is 20.2 Å². The molecule has 0 heterocycles. The van der Waals surface area contributed by atoms with E-state index in [0.717, 1.165) is 18.4 Å². The molecule has 0 amide bonds. The Kier molecular flexibility index (Phi) is 4.75. The number of allylic oxidation sites excluding steroid dienone is 6. The predicted octanol–water partition coefficient (Wildman–Crippen LogP) is 3.78. The van der Waals surface area contributed by atoms with Crippen molar-refractivity contribution in [1.82, 2.24) is 0 Å². The van der Waals surface area contributed by atoms with Gasteiger partial charge >= 0.3 is 0 Å². The summed E-state index contributed by atoms with van der Waals surface area (Å²) in [5, 5.41) is 9.83. The summed E-state index contributed by atoms with van der Waals surface area (Å²) in [5.74, 6) is 0.398. The lowest BCUT2D eigenvalue weighted by molar-refractivity contribution is 0.197. The van der Waals surface area contributed by atoms with Crippen LogP contribution in [0, 0.1) is 5.92 Å². The Bertz CT molecular complexity index is 340. The van der Waals surface area contributed by atoms with Crippen LogP contribution in [0.5, 0.6) is 0 Å². The van der Waals surface area contributed by atoms with Crippen LogP contribution in [0.15, 0.2) is 47.6 Å². The molecule has 0 saturated carbocycles. The van der Waals surface area contributed by atoms with E-state index < -0.39 is 0 Å². The second kappa shape index (κ2) is 5.86. The normalized spacial score (nSPS) is 19.0. The lowest BCUT2D eigenvalue weighted by atomic mass is 9.90. The van der Waals surface area contributed by atoms with Crippen molar-refractivity contribution < 1.29 is 5.11 Å². The molecule has 1 aliphatic rings. The maximum absolute atomic E-state index is 9.83. The van der Waals surface area contributed by atoms with Gasteiger partial charge in [-0.15, -0.1) is 0 Å². The lowest BCUT2D eigenvalue weighted by Crippen LogP contribution is -2.11. The molecule has 0 saturated heterocycles. The zero-order valence-electron chi connectivity index (χ0n) is 10.5. The van der Waals surface area contributed by atoms with E-state index in [1.807, 2.05) is 19.9 Å². The first-order valence-corrected chi connectivity index (χ1v) is 5.88. The minimum atomic E-state index is -0.334. The molecule has 1 N–H and O–H groups in total. The average Bonchev–Trinajstić information content (AvgIpc) is 2.16. The van der Waals surface area contributed by atoms with Gasteiger partial charge in [0.1, 0.15) is 0 Å². The number of aliphatic hydroxyl groups excluding tert-OH is 1. The van der Waals surface area contributed by atoms with E-state index in [9.17, 15) is 5.11 Å². The van der Waals surface area contributed by atoms with Crippen LogP contribution in [0.25, 0.3) is 0 Å². The minimum Gasteiger partial charge on any atom is -0.389 e. The molecule has 0 aromatic rings. The van der Waals surface area contributed by atoms with Crippen molar-refractivity contribution in [2.75, 3.05) is 0 Å². The quantitative estimate of drug-likeness (QED) is 0.712. The first-order chi connectivity index (χ1) is 7.49. The molecule has 0 spiro atoms. The number of rotatable bonds is 4. The number of hydrogen-bond acceptors (Lipinski definition) is 1. The van der Waals surface area contributed by atoms with Crippen LogP contribution < -0.4 is 0 Å².